The Balaban J connectivity index is 1.24. The van der Waals surface area contributed by atoms with Crippen molar-refractivity contribution in [3.05, 3.63) is 188 Å². The van der Waals surface area contributed by atoms with Gasteiger partial charge in [0.15, 0.2) is 0 Å². The largest absolute Gasteiger partial charge is 0.455 e. The van der Waals surface area contributed by atoms with Gasteiger partial charge in [-0.05, 0) is 92.8 Å². The summed E-state index contributed by atoms with van der Waals surface area (Å²) in [5, 5.41) is 9.67. The third-order valence-corrected chi connectivity index (χ3v) is 11.8. The summed E-state index contributed by atoms with van der Waals surface area (Å²) in [5.74, 6) is 0. The molecule has 11 aromatic rings. The minimum absolute atomic E-state index is 0.870. The van der Waals surface area contributed by atoms with Crippen LogP contribution in [-0.2, 0) is 0 Å². The first kappa shape index (κ1) is 30.0. The summed E-state index contributed by atoms with van der Waals surface area (Å²) in [5.41, 5.74) is 9.57. The first-order valence-corrected chi connectivity index (χ1v) is 18.8. The lowest BCUT2D eigenvalue weighted by molar-refractivity contribution is 0.670. The molecule has 0 radical (unpaired) electrons. The van der Waals surface area contributed by atoms with Crippen LogP contribution in [0.5, 0.6) is 0 Å². The van der Waals surface area contributed by atoms with E-state index in [1.54, 1.807) is 0 Å². The smallest absolute Gasteiger partial charge is 0.145 e. The third-order valence-electron chi connectivity index (χ3n) is 10.6. The molecule has 2 nitrogen and oxygen atoms in total. The fourth-order valence-corrected chi connectivity index (χ4v) is 9.32. The van der Waals surface area contributed by atoms with Gasteiger partial charge in [-0.2, -0.15) is 0 Å². The van der Waals surface area contributed by atoms with E-state index in [0.717, 1.165) is 55.7 Å². The van der Waals surface area contributed by atoms with Gasteiger partial charge in [0.25, 0.3) is 0 Å². The van der Waals surface area contributed by atoms with E-state index in [1.165, 1.54) is 47.3 Å². The molecule has 2 aromatic heterocycles. The molecule has 2 heterocycles. The summed E-state index contributed by atoms with van der Waals surface area (Å²) in [7, 11) is 0. The maximum Gasteiger partial charge on any atom is 0.145 e. The molecule has 0 N–H and O–H groups in total. The van der Waals surface area contributed by atoms with E-state index < -0.39 is 0 Å². The van der Waals surface area contributed by atoms with Crippen molar-refractivity contribution in [2.45, 2.75) is 0 Å². The molecule has 0 unspecified atom stereocenters. The molecular formula is C50H31NOS. The van der Waals surface area contributed by atoms with Gasteiger partial charge in [0.05, 0.1) is 16.8 Å². The van der Waals surface area contributed by atoms with Crippen LogP contribution in [0.1, 0.15) is 0 Å². The van der Waals surface area contributed by atoms with Gasteiger partial charge in [0.2, 0.25) is 0 Å². The van der Waals surface area contributed by atoms with Crippen LogP contribution in [0, 0.1) is 0 Å². The highest BCUT2D eigenvalue weighted by atomic mass is 32.1. The number of thiophene rings is 1. The molecule has 0 amide bonds. The Morgan fingerprint density at radius 1 is 0.396 bits per heavy atom. The Morgan fingerprint density at radius 2 is 1.08 bits per heavy atom. The SMILES string of the molecule is c1ccc(-c2ccc3c(c2)oc2c(-c4ccccc4)ccc(N(c4ccc5c(ccc6ccccc65)c4)c4cccc5sc6ccccc6c45)c23)cc1. The molecule has 11 rings (SSSR count). The van der Waals surface area contributed by atoms with Crippen LogP contribution < -0.4 is 4.90 Å². The van der Waals surface area contributed by atoms with Crippen molar-refractivity contribution < 1.29 is 4.42 Å². The number of rotatable bonds is 5. The molecule has 0 saturated carbocycles. The van der Waals surface area contributed by atoms with Crippen LogP contribution in [0.4, 0.5) is 17.1 Å². The van der Waals surface area contributed by atoms with Crippen LogP contribution in [0.2, 0.25) is 0 Å². The second-order valence-corrected chi connectivity index (χ2v) is 14.7. The average Bonchev–Trinajstić information content (AvgIpc) is 3.81. The first-order valence-electron chi connectivity index (χ1n) is 18.0. The first-order chi connectivity index (χ1) is 26.3. The minimum Gasteiger partial charge on any atom is -0.455 e. The van der Waals surface area contributed by atoms with Crippen LogP contribution >= 0.6 is 11.3 Å². The average molecular weight is 694 g/mol. The van der Waals surface area contributed by atoms with Gasteiger partial charge in [-0.3, -0.25) is 0 Å². The van der Waals surface area contributed by atoms with E-state index in [1.807, 2.05) is 11.3 Å². The van der Waals surface area contributed by atoms with Crippen LogP contribution in [-0.4, -0.2) is 0 Å². The number of fused-ring (bicyclic) bond motifs is 9. The zero-order valence-corrected chi connectivity index (χ0v) is 29.5. The maximum absolute atomic E-state index is 7.00. The lowest BCUT2D eigenvalue weighted by Gasteiger charge is -2.28. The lowest BCUT2D eigenvalue weighted by Crippen LogP contribution is -2.11. The van der Waals surface area contributed by atoms with Gasteiger partial charge < -0.3 is 9.32 Å². The van der Waals surface area contributed by atoms with Crippen molar-refractivity contribution in [3.8, 4) is 22.3 Å². The number of furan rings is 1. The monoisotopic (exact) mass is 693 g/mol. The van der Waals surface area contributed by atoms with Gasteiger partial charge in [0.1, 0.15) is 11.2 Å². The number of nitrogens with zero attached hydrogens (tertiary/aromatic N) is 1. The van der Waals surface area contributed by atoms with Gasteiger partial charge in [-0.15, -0.1) is 11.3 Å². The summed E-state index contributed by atoms with van der Waals surface area (Å²) in [6, 6.07) is 67.9. The van der Waals surface area contributed by atoms with Crippen molar-refractivity contribution in [3.63, 3.8) is 0 Å². The predicted octanol–water partition coefficient (Wildman–Crippen LogP) is 15.1. The quantitative estimate of drug-likeness (QED) is 0.167. The number of hydrogen-bond acceptors (Lipinski definition) is 3. The third kappa shape index (κ3) is 4.78. The topological polar surface area (TPSA) is 16.4 Å². The zero-order valence-electron chi connectivity index (χ0n) is 28.7. The van der Waals surface area contributed by atoms with Crippen molar-refractivity contribution in [1.29, 1.82) is 0 Å². The van der Waals surface area contributed by atoms with E-state index in [0.29, 0.717) is 0 Å². The molecule has 0 aliphatic rings. The fourth-order valence-electron chi connectivity index (χ4n) is 8.19. The second-order valence-electron chi connectivity index (χ2n) is 13.7. The second kappa shape index (κ2) is 11.9. The summed E-state index contributed by atoms with van der Waals surface area (Å²) >= 11 is 1.85. The Morgan fingerprint density at radius 3 is 1.94 bits per heavy atom. The highest BCUT2D eigenvalue weighted by Gasteiger charge is 2.25. The summed E-state index contributed by atoms with van der Waals surface area (Å²) in [6.07, 6.45) is 0. The minimum atomic E-state index is 0.870. The maximum atomic E-state index is 7.00. The van der Waals surface area contributed by atoms with Crippen LogP contribution in [0.25, 0.3) is 85.9 Å². The Hall–Kier alpha value is -6.68. The number of hydrogen-bond donors (Lipinski definition) is 0. The van der Waals surface area contributed by atoms with E-state index in [2.05, 4.69) is 193 Å². The Bertz CT molecular complexity index is 3180. The van der Waals surface area contributed by atoms with E-state index in [4.69, 9.17) is 4.42 Å². The van der Waals surface area contributed by atoms with Crippen molar-refractivity contribution in [1.82, 2.24) is 0 Å². The Kier molecular flexibility index (Phi) is 6.76. The van der Waals surface area contributed by atoms with Gasteiger partial charge in [-0.25, -0.2) is 0 Å². The molecule has 3 heteroatoms. The van der Waals surface area contributed by atoms with Crippen molar-refractivity contribution in [2.24, 2.45) is 0 Å². The van der Waals surface area contributed by atoms with Crippen molar-refractivity contribution >= 4 is 92.1 Å². The van der Waals surface area contributed by atoms with Crippen molar-refractivity contribution in [2.75, 3.05) is 4.90 Å². The van der Waals surface area contributed by atoms with Crippen LogP contribution in [0.3, 0.4) is 0 Å². The summed E-state index contributed by atoms with van der Waals surface area (Å²) in [4.78, 5) is 2.47. The lowest BCUT2D eigenvalue weighted by atomic mass is 9.97. The Labute approximate surface area is 310 Å². The molecule has 0 atom stereocenters. The zero-order chi connectivity index (χ0) is 34.9. The normalized spacial score (nSPS) is 11.8. The van der Waals surface area contributed by atoms with Crippen LogP contribution in [0.15, 0.2) is 192 Å². The van der Waals surface area contributed by atoms with E-state index in [-0.39, 0.29) is 0 Å². The molecule has 0 aliphatic heterocycles. The van der Waals surface area contributed by atoms with Gasteiger partial charge >= 0.3 is 0 Å². The molecule has 0 aliphatic carbocycles. The van der Waals surface area contributed by atoms with Gasteiger partial charge in [0, 0.05) is 36.8 Å². The highest BCUT2D eigenvalue weighted by Crippen LogP contribution is 2.50. The molecule has 9 aromatic carbocycles. The summed E-state index contributed by atoms with van der Waals surface area (Å²) < 4.78 is 9.55. The molecule has 0 fully saturated rings. The molecule has 0 saturated heterocycles. The van der Waals surface area contributed by atoms with E-state index >= 15 is 0 Å². The molecular weight excluding hydrogens is 663 g/mol. The van der Waals surface area contributed by atoms with E-state index in [9.17, 15) is 0 Å². The summed E-state index contributed by atoms with van der Waals surface area (Å²) in [6.45, 7) is 0. The predicted molar refractivity (Wildman–Crippen MR) is 227 cm³/mol. The standard InChI is InChI=1S/C50H31NOS/c1-3-12-32(13-4-1)35-24-26-41-45(31-35)52-50-40(33-14-5-2-6-15-33)28-29-44(49(41)50)51(43-19-11-21-47-48(43)42-18-9-10-20-46(42)53-47)37-25-27-39-36(30-37)23-22-34-16-7-8-17-38(34)39/h1-31H. The van der Waals surface area contributed by atoms with Gasteiger partial charge in [-0.1, -0.05) is 133 Å². The highest BCUT2D eigenvalue weighted by molar-refractivity contribution is 7.26. The number of anilines is 3. The fraction of sp³-hybridized carbons (Fsp3) is 0. The molecule has 53 heavy (non-hydrogen) atoms. The molecule has 0 bridgehead atoms. The molecule has 248 valence electrons. The molecule has 0 spiro atoms. The number of benzene rings is 9.